The molecular formula is C22H27ClN2O3. The van der Waals surface area contributed by atoms with Crippen LogP contribution >= 0.6 is 11.6 Å². The van der Waals surface area contributed by atoms with Crippen molar-refractivity contribution in [3.05, 3.63) is 30.3 Å². The minimum atomic E-state index is -0.340. The van der Waals surface area contributed by atoms with Gasteiger partial charge in [-0.05, 0) is 62.5 Å². The number of piperazine rings is 1. The lowest BCUT2D eigenvalue weighted by molar-refractivity contribution is -0.157. The first-order chi connectivity index (χ1) is 13.4. The first-order valence-electron chi connectivity index (χ1n) is 10.4. The van der Waals surface area contributed by atoms with E-state index in [1.165, 1.54) is 6.42 Å². The van der Waals surface area contributed by atoms with E-state index in [1.807, 2.05) is 23.1 Å². The van der Waals surface area contributed by atoms with Crippen LogP contribution in [0.3, 0.4) is 0 Å². The second-order valence-electron chi connectivity index (χ2n) is 9.35. The first kappa shape index (κ1) is 18.3. The highest BCUT2D eigenvalue weighted by molar-refractivity contribution is 6.24. The Hall–Kier alpha value is -1.75. The Morgan fingerprint density at radius 2 is 1.54 bits per heavy atom. The quantitative estimate of drug-likeness (QED) is 0.705. The number of rotatable bonds is 2. The van der Waals surface area contributed by atoms with Gasteiger partial charge in [0.1, 0.15) is 5.75 Å². The van der Waals surface area contributed by atoms with Crippen LogP contribution in [0.5, 0.6) is 5.75 Å². The standard InChI is InChI=1S/C22H27ClN2O3/c23-22-13-16-10-17(14-22)12-21(11-16,15-22)19(26)24-6-8-25(9-7-24)20(27)28-18-4-2-1-3-5-18/h1-5,16-17H,6-15H2/t16-,17-,21?,22?/m1/s1. The summed E-state index contributed by atoms with van der Waals surface area (Å²) >= 11 is 6.91. The van der Waals surface area contributed by atoms with Gasteiger partial charge in [-0.15, -0.1) is 11.6 Å². The smallest absolute Gasteiger partial charge is 0.410 e. The number of benzene rings is 1. The van der Waals surface area contributed by atoms with Crippen LogP contribution in [0.2, 0.25) is 0 Å². The molecule has 0 unspecified atom stereocenters. The van der Waals surface area contributed by atoms with Gasteiger partial charge in [-0.2, -0.15) is 0 Å². The Morgan fingerprint density at radius 3 is 2.14 bits per heavy atom. The molecule has 28 heavy (non-hydrogen) atoms. The first-order valence-corrected chi connectivity index (χ1v) is 10.8. The second-order valence-corrected chi connectivity index (χ2v) is 10.2. The van der Waals surface area contributed by atoms with Gasteiger partial charge in [-0.3, -0.25) is 4.79 Å². The number of hydrogen-bond acceptors (Lipinski definition) is 3. The fraction of sp³-hybridized carbons (Fsp3) is 0.636. The van der Waals surface area contributed by atoms with Crippen LogP contribution < -0.4 is 4.74 Å². The highest BCUT2D eigenvalue weighted by atomic mass is 35.5. The van der Waals surface area contributed by atoms with E-state index in [2.05, 4.69) is 0 Å². The van der Waals surface area contributed by atoms with Crippen molar-refractivity contribution in [3.63, 3.8) is 0 Å². The third kappa shape index (κ3) is 3.18. The zero-order valence-corrected chi connectivity index (χ0v) is 16.9. The molecule has 6 heteroatoms. The Morgan fingerprint density at radius 1 is 0.929 bits per heavy atom. The lowest BCUT2D eigenvalue weighted by Crippen LogP contribution is -2.61. The van der Waals surface area contributed by atoms with E-state index < -0.39 is 0 Å². The zero-order chi connectivity index (χ0) is 19.4. The molecule has 4 aliphatic carbocycles. The van der Waals surface area contributed by atoms with Gasteiger partial charge in [0.05, 0.1) is 5.41 Å². The van der Waals surface area contributed by atoms with Crippen molar-refractivity contribution in [2.45, 2.75) is 43.4 Å². The van der Waals surface area contributed by atoms with Crippen molar-refractivity contribution >= 4 is 23.6 Å². The van der Waals surface area contributed by atoms with E-state index in [0.29, 0.717) is 43.8 Å². The third-order valence-electron chi connectivity index (χ3n) is 7.22. The number of halogens is 1. The molecule has 1 saturated heterocycles. The Kier molecular flexibility index (Phi) is 4.34. The molecule has 1 aromatic rings. The van der Waals surface area contributed by atoms with Gasteiger partial charge in [0.15, 0.2) is 0 Å². The number of carbonyl (C=O) groups is 2. The van der Waals surface area contributed by atoms with Crippen LogP contribution in [0.1, 0.15) is 38.5 Å². The van der Waals surface area contributed by atoms with Gasteiger partial charge in [0.2, 0.25) is 5.91 Å². The molecule has 0 aromatic heterocycles. The van der Waals surface area contributed by atoms with Crippen molar-refractivity contribution in [1.82, 2.24) is 9.80 Å². The molecule has 2 amide bonds. The lowest BCUT2D eigenvalue weighted by Gasteiger charge is -2.60. The largest absolute Gasteiger partial charge is 0.415 e. The molecule has 6 rings (SSSR count). The van der Waals surface area contributed by atoms with E-state index in [9.17, 15) is 9.59 Å². The third-order valence-corrected chi connectivity index (χ3v) is 7.66. The van der Waals surface area contributed by atoms with Gasteiger partial charge < -0.3 is 14.5 Å². The average molecular weight is 403 g/mol. The summed E-state index contributed by atoms with van der Waals surface area (Å²) in [5, 5.41) is 0. The van der Waals surface area contributed by atoms with Crippen LogP contribution in [0, 0.1) is 17.3 Å². The van der Waals surface area contributed by atoms with Gasteiger partial charge in [-0.25, -0.2) is 4.79 Å². The normalized spacial score (nSPS) is 36.5. The maximum atomic E-state index is 13.5. The molecular weight excluding hydrogens is 376 g/mol. The number of amides is 2. The van der Waals surface area contributed by atoms with Crippen LogP contribution in [0.25, 0.3) is 0 Å². The maximum absolute atomic E-state index is 13.5. The monoisotopic (exact) mass is 402 g/mol. The van der Waals surface area contributed by atoms with Gasteiger partial charge in [0.25, 0.3) is 0 Å². The minimum absolute atomic E-state index is 0.152. The molecule has 2 atom stereocenters. The van der Waals surface area contributed by atoms with Crippen molar-refractivity contribution in [2.24, 2.45) is 17.3 Å². The van der Waals surface area contributed by atoms with E-state index in [4.69, 9.17) is 16.3 Å². The predicted molar refractivity (Wildman–Crippen MR) is 106 cm³/mol. The fourth-order valence-corrected chi connectivity index (χ4v) is 7.17. The summed E-state index contributed by atoms with van der Waals surface area (Å²) in [6.07, 6.45) is 5.93. The Balaban J connectivity index is 1.21. The zero-order valence-electron chi connectivity index (χ0n) is 16.1. The summed E-state index contributed by atoms with van der Waals surface area (Å²) in [5.41, 5.74) is -0.251. The van der Waals surface area contributed by atoms with Crippen LogP contribution in [0.4, 0.5) is 4.79 Å². The molecule has 5 nitrogen and oxygen atoms in total. The number of nitrogens with zero attached hydrogens (tertiary/aromatic N) is 2. The Bertz CT molecular complexity index is 761. The molecule has 0 N–H and O–H groups in total. The second kappa shape index (κ2) is 6.65. The lowest BCUT2D eigenvalue weighted by atomic mass is 9.49. The Labute approximate surface area is 171 Å². The summed E-state index contributed by atoms with van der Waals surface area (Å²) in [5.74, 6) is 2.06. The molecule has 4 saturated carbocycles. The van der Waals surface area contributed by atoms with Gasteiger partial charge in [-0.1, -0.05) is 18.2 Å². The highest BCUT2D eigenvalue weighted by Gasteiger charge is 2.60. The van der Waals surface area contributed by atoms with Crippen LogP contribution in [-0.4, -0.2) is 52.9 Å². The SMILES string of the molecule is O=C(Oc1ccccc1)N1CCN(C(=O)C23C[C@H]4C[C@@H](CC(Cl)(C4)C2)C3)CC1. The van der Waals surface area contributed by atoms with Crippen molar-refractivity contribution in [1.29, 1.82) is 0 Å². The van der Waals surface area contributed by atoms with E-state index in [-0.39, 0.29) is 22.3 Å². The highest BCUT2D eigenvalue weighted by Crippen LogP contribution is 2.64. The molecule has 4 bridgehead atoms. The number of hydrogen-bond donors (Lipinski definition) is 0. The van der Waals surface area contributed by atoms with Crippen molar-refractivity contribution in [3.8, 4) is 5.75 Å². The van der Waals surface area contributed by atoms with Gasteiger partial charge in [0, 0.05) is 31.1 Å². The number of ether oxygens (including phenoxy) is 1. The topological polar surface area (TPSA) is 49.9 Å². The van der Waals surface area contributed by atoms with E-state index in [0.717, 1.165) is 32.1 Å². The predicted octanol–water partition coefficient (Wildman–Crippen LogP) is 3.91. The molecule has 150 valence electrons. The average Bonchev–Trinajstić information content (AvgIpc) is 2.66. The summed E-state index contributed by atoms with van der Waals surface area (Å²) in [7, 11) is 0. The maximum Gasteiger partial charge on any atom is 0.415 e. The fourth-order valence-electron chi connectivity index (χ4n) is 6.48. The summed E-state index contributed by atoms with van der Waals surface area (Å²) < 4.78 is 5.43. The van der Waals surface area contributed by atoms with Crippen LogP contribution in [0.15, 0.2) is 30.3 Å². The molecule has 1 heterocycles. The van der Waals surface area contributed by atoms with E-state index >= 15 is 0 Å². The van der Waals surface area contributed by atoms with E-state index in [1.54, 1.807) is 17.0 Å². The molecule has 5 aliphatic rings. The number of para-hydroxylation sites is 1. The molecule has 0 spiro atoms. The number of carbonyl (C=O) groups excluding carboxylic acids is 2. The van der Waals surface area contributed by atoms with Crippen molar-refractivity contribution < 1.29 is 14.3 Å². The van der Waals surface area contributed by atoms with Gasteiger partial charge >= 0.3 is 6.09 Å². The van der Waals surface area contributed by atoms with Crippen LogP contribution in [-0.2, 0) is 4.79 Å². The van der Waals surface area contributed by atoms with Crippen molar-refractivity contribution in [2.75, 3.05) is 26.2 Å². The number of alkyl halides is 1. The minimum Gasteiger partial charge on any atom is -0.410 e. The molecule has 1 aliphatic heterocycles. The molecule has 0 radical (unpaired) electrons. The summed E-state index contributed by atoms with van der Waals surface area (Å²) in [6, 6.07) is 9.11. The molecule has 1 aromatic carbocycles. The summed E-state index contributed by atoms with van der Waals surface area (Å²) in [4.78, 5) is 29.4. The molecule has 5 fully saturated rings. The summed E-state index contributed by atoms with van der Waals surface area (Å²) in [6.45, 7) is 2.20.